The van der Waals surface area contributed by atoms with Gasteiger partial charge in [-0.3, -0.25) is 14.9 Å². The topological polar surface area (TPSA) is 121 Å². The minimum atomic E-state index is -0.438. The van der Waals surface area contributed by atoms with Crippen molar-refractivity contribution in [3.63, 3.8) is 0 Å². The maximum atomic E-state index is 12.0. The molecule has 146 valence electrons. The Morgan fingerprint density at radius 2 is 1.93 bits per heavy atom. The fraction of sp³-hybridized carbons (Fsp3) is 0.250. The fourth-order valence-electron chi connectivity index (χ4n) is 4.05. The summed E-state index contributed by atoms with van der Waals surface area (Å²) in [5.74, 6) is 1.24. The molecule has 2 N–H and O–H groups in total. The highest BCUT2D eigenvalue weighted by Crippen LogP contribution is 2.36. The molecule has 29 heavy (non-hydrogen) atoms. The zero-order valence-electron chi connectivity index (χ0n) is 15.5. The lowest BCUT2D eigenvalue weighted by Crippen LogP contribution is -2.33. The van der Waals surface area contributed by atoms with E-state index in [1.54, 1.807) is 6.07 Å². The van der Waals surface area contributed by atoms with Crippen molar-refractivity contribution in [2.45, 2.75) is 18.8 Å². The number of imidazole rings is 1. The Morgan fingerprint density at radius 3 is 2.69 bits per heavy atom. The number of nitrogens with one attached hydrogen (secondary N) is 2. The van der Waals surface area contributed by atoms with Crippen molar-refractivity contribution in [2.24, 2.45) is 0 Å². The number of anilines is 1. The number of hydrogen-bond donors (Lipinski definition) is 2. The first-order chi connectivity index (χ1) is 14.1. The number of fused-ring (bicyclic) bond motifs is 2. The van der Waals surface area contributed by atoms with Crippen LogP contribution in [0.2, 0.25) is 0 Å². The normalized spacial score (nSPS) is 15.2. The number of piperidine rings is 1. The molecule has 2 aromatic heterocycles. The number of rotatable bonds is 3. The maximum absolute atomic E-state index is 12.0. The standard InChI is InChI=1S/C20H18N6O3/c27-20-13-9-18(26(28)29)17(10-16(13)21-11-22-20)25-7-5-12(6-8-25)19-23-14-3-1-2-4-15(14)24-19/h1-4,9-12H,5-8H2,(H,23,24)(H,21,22,27). The summed E-state index contributed by atoms with van der Waals surface area (Å²) >= 11 is 0. The predicted molar refractivity (Wildman–Crippen MR) is 109 cm³/mol. The van der Waals surface area contributed by atoms with Gasteiger partial charge in [0.2, 0.25) is 0 Å². The number of nitrogens with zero attached hydrogens (tertiary/aromatic N) is 4. The molecular weight excluding hydrogens is 372 g/mol. The van der Waals surface area contributed by atoms with Crippen LogP contribution in [-0.2, 0) is 0 Å². The van der Waals surface area contributed by atoms with E-state index in [0.717, 1.165) is 29.7 Å². The molecule has 0 spiro atoms. The summed E-state index contributed by atoms with van der Waals surface area (Å²) in [5.41, 5.74) is 2.47. The summed E-state index contributed by atoms with van der Waals surface area (Å²) in [6, 6.07) is 10.9. The monoisotopic (exact) mass is 390 g/mol. The van der Waals surface area contributed by atoms with Crippen molar-refractivity contribution < 1.29 is 4.92 Å². The first-order valence-electron chi connectivity index (χ1n) is 9.45. The number of nitro benzene ring substituents is 1. The molecule has 1 aliphatic heterocycles. The van der Waals surface area contributed by atoms with Gasteiger partial charge < -0.3 is 14.9 Å². The molecule has 1 aliphatic rings. The van der Waals surface area contributed by atoms with Gasteiger partial charge in [-0.15, -0.1) is 0 Å². The molecular formula is C20H18N6O3. The van der Waals surface area contributed by atoms with Crippen molar-refractivity contribution in [3.05, 3.63) is 69.0 Å². The SMILES string of the molecule is O=c1[nH]cnc2cc(N3CCC(c4nc5ccccc5[nH]4)CC3)c([N+](=O)[O-])cc12. The molecule has 0 radical (unpaired) electrons. The van der Waals surface area contributed by atoms with Crippen LogP contribution in [0.4, 0.5) is 11.4 Å². The van der Waals surface area contributed by atoms with Crippen LogP contribution in [0.3, 0.4) is 0 Å². The van der Waals surface area contributed by atoms with Crippen LogP contribution < -0.4 is 10.5 Å². The third-order valence-electron chi connectivity index (χ3n) is 5.56. The van der Waals surface area contributed by atoms with E-state index in [0.29, 0.717) is 24.3 Å². The van der Waals surface area contributed by atoms with Crippen LogP contribution in [-0.4, -0.2) is 37.9 Å². The number of hydrogen-bond acceptors (Lipinski definition) is 6. The molecule has 0 atom stereocenters. The van der Waals surface area contributed by atoms with Gasteiger partial charge in [-0.25, -0.2) is 9.97 Å². The molecule has 0 bridgehead atoms. The van der Waals surface area contributed by atoms with Crippen LogP contribution in [0.15, 0.2) is 47.5 Å². The third kappa shape index (κ3) is 3.00. The molecule has 9 heteroatoms. The lowest BCUT2D eigenvalue weighted by molar-refractivity contribution is -0.384. The minimum absolute atomic E-state index is 0.0711. The van der Waals surface area contributed by atoms with Gasteiger partial charge in [-0.2, -0.15) is 0 Å². The molecule has 3 heterocycles. The van der Waals surface area contributed by atoms with Gasteiger partial charge in [0.25, 0.3) is 11.2 Å². The molecule has 1 saturated heterocycles. The number of aromatic amines is 2. The molecule has 0 amide bonds. The van der Waals surface area contributed by atoms with Crippen molar-refractivity contribution >= 4 is 33.3 Å². The minimum Gasteiger partial charge on any atom is -0.366 e. The van der Waals surface area contributed by atoms with Crippen LogP contribution >= 0.6 is 0 Å². The summed E-state index contributed by atoms with van der Waals surface area (Å²) < 4.78 is 0. The molecule has 0 aliphatic carbocycles. The largest absolute Gasteiger partial charge is 0.366 e. The fourth-order valence-corrected chi connectivity index (χ4v) is 4.05. The van der Waals surface area contributed by atoms with Crippen molar-refractivity contribution in [1.82, 2.24) is 19.9 Å². The van der Waals surface area contributed by atoms with E-state index in [-0.39, 0.29) is 22.6 Å². The summed E-state index contributed by atoms with van der Waals surface area (Å²) in [6.07, 6.45) is 2.98. The van der Waals surface area contributed by atoms with E-state index in [1.807, 2.05) is 29.2 Å². The molecule has 5 rings (SSSR count). The van der Waals surface area contributed by atoms with Crippen molar-refractivity contribution in [2.75, 3.05) is 18.0 Å². The number of aromatic nitrogens is 4. The van der Waals surface area contributed by atoms with Gasteiger partial charge in [-0.05, 0) is 31.0 Å². The van der Waals surface area contributed by atoms with Gasteiger partial charge in [0.05, 0.1) is 33.2 Å². The highest BCUT2D eigenvalue weighted by molar-refractivity contribution is 5.87. The number of H-pyrrole nitrogens is 2. The van der Waals surface area contributed by atoms with Crippen LogP contribution in [0.25, 0.3) is 21.9 Å². The van der Waals surface area contributed by atoms with E-state index in [2.05, 4.69) is 15.0 Å². The highest BCUT2D eigenvalue weighted by atomic mass is 16.6. The lowest BCUT2D eigenvalue weighted by Gasteiger charge is -2.32. The van der Waals surface area contributed by atoms with Crippen LogP contribution in [0.1, 0.15) is 24.6 Å². The first kappa shape index (κ1) is 17.4. The summed E-state index contributed by atoms with van der Waals surface area (Å²) in [6.45, 7) is 1.33. The molecule has 0 saturated carbocycles. The second kappa shape index (κ2) is 6.69. The van der Waals surface area contributed by atoms with Gasteiger partial charge in [0, 0.05) is 25.1 Å². The summed E-state index contributed by atoms with van der Waals surface area (Å²) in [7, 11) is 0. The highest BCUT2D eigenvalue weighted by Gasteiger charge is 2.28. The Bertz CT molecular complexity index is 1250. The second-order valence-corrected chi connectivity index (χ2v) is 7.25. The van der Waals surface area contributed by atoms with Gasteiger partial charge >= 0.3 is 0 Å². The lowest BCUT2D eigenvalue weighted by atomic mass is 9.95. The maximum Gasteiger partial charge on any atom is 0.293 e. The van der Waals surface area contributed by atoms with E-state index >= 15 is 0 Å². The molecule has 0 unspecified atom stereocenters. The van der Waals surface area contributed by atoms with E-state index in [1.165, 1.54) is 12.4 Å². The van der Waals surface area contributed by atoms with Gasteiger partial charge in [0.1, 0.15) is 11.5 Å². The Balaban J connectivity index is 1.44. The average molecular weight is 390 g/mol. The smallest absolute Gasteiger partial charge is 0.293 e. The van der Waals surface area contributed by atoms with Crippen molar-refractivity contribution in [1.29, 1.82) is 0 Å². The molecule has 4 aromatic rings. The van der Waals surface area contributed by atoms with E-state index in [4.69, 9.17) is 4.98 Å². The Labute approximate surface area is 164 Å². The molecule has 1 fully saturated rings. The number of nitro groups is 1. The van der Waals surface area contributed by atoms with Gasteiger partial charge in [-0.1, -0.05) is 12.1 Å². The van der Waals surface area contributed by atoms with E-state index < -0.39 is 4.92 Å². The third-order valence-corrected chi connectivity index (χ3v) is 5.56. The average Bonchev–Trinajstić information content (AvgIpc) is 3.17. The van der Waals surface area contributed by atoms with Crippen molar-refractivity contribution in [3.8, 4) is 0 Å². The number of para-hydroxylation sites is 2. The predicted octanol–water partition coefficient (Wildman–Crippen LogP) is 3.09. The Hall–Kier alpha value is -3.75. The van der Waals surface area contributed by atoms with Gasteiger partial charge in [0.15, 0.2) is 0 Å². The Morgan fingerprint density at radius 1 is 1.14 bits per heavy atom. The zero-order valence-corrected chi connectivity index (χ0v) is 15.5. The zero-order chi connectivity index (χ0) is 20.0. The molecule has 2 aromatic carbocycles. The Kier molecular flexibility index (Phi) is 4.01. The summed E-state index contributed by atoms with van der Waals surface area (Å²) in [4.78, 5) is 39.9. The first-order valence-corrected chi connectivity index (χ1v) is 9.45. The van der Waals surface area contributed by atoms with Crippen LogP contribution in [0, 0.1) is 10.1 Å². The van der Waals surface area contributed by atoms with E-state index in [9.17, 15) is 14.9 Å². The number of benzene rings is 2. The molecule has 9 nitrogen and oxygen atoms in total. The summed E-state index contributed by atoms with van der Waals surface area (Å²) in [5, 5.41) is 11.9. The second-order valence-electron chi connectivity index (χ2n) is 7.25. The van der Waals surface area contributed by atoms with Crippen LogP contribution in [0.5, 0.6) is 0 Å². The quantitative estimate of drug-likeness (QED) is 0.410.